The van der Waals surface area contributed by atoms with Crippen LogP contribution in [0.3, 0.4) is 0 Å². The summed E-state index contributed by atoms with van der Waals surface area (Å²) < 4.78 is 0. The lowest BCUT2D eigenvalue weighted by molar-refractivity contribution is -0.121. The Labute approximate surface area is 160 Å². The van der Waals surface area contributed by atoms with E-state index in [1.165, 1.54) is 5.56 Å². The predicted molar refractivity (Wildman–Crippen MR) is 109 cm³/mol. The van der Waals surface area contributed by atoms with E-state index in [4.69, 9.17) is 0 Å². The van der Waals surface area contributed by atoms with Gasteiger partial charge in [0.25, 0.3) is 0 Å². The number of aromatic hydroxyl groups is 1. The molecule has 4 nitrogen and oxygen atoms in total. The quantitative estimate of drug-likeness (QED) is 0.643. The van der Waals surface area contributed by atoms with Gasteiger partial charge in [0.1, 0.15) is 11.3 Å². The molecule has 0 saturated carbocycles. The van der Waals surface area contributed by atoms with Crippen molar-refractivity contribution < 1.29 is 9.90 Å². The molecular formula is C23H26N2O2. The Kier molecular flexibility index (Phi) is 5.75. The van der Waals surface area contributed by atoms with Gasteiger partial charge in [-0.15, -0.1) is 0 Å². The van der Waals surface area contributed by atoms with Crippen LogP contribution in [0.15, 0.2) is 54.7 Å². The summed E-state index contributed by atoms with van der Waals surface area (Å²) in [5.41, 5.74) is 3.38. The summed E-state index contributed by atoms with van der Waals surface area (Å²) in [6, 6.07) is 15.3. The van der Waals surface area contributed by atoms with Gasteiger partial charge in [-0.25, -0.2) is 0 Å². The van der Waals surface area contributed by atoms with Crippen molar-refractivity contribution >= 4 is 16.8 Å². The minimum absolute atomic E-state index is 0.0315. The number of benzene rings is 2. The van der Waals surface area contributed by atoms with Crippen LogP contribution in [0.2, 0.25) is 0 Å². The molecule has 140 valence electrons. The molecule has 2 N–H and O–H groups in total. The molecular weight excluding hydrogens is 336 g/mol. The van der Waals surface area contributed by atoms with Crippen molar-refractivity contribution in [2.24, 2.45) is 0 Å². The van der Waals surface area contributed by atoms with Crippen LogP contribution >= 0.6 is 0 Å². The molecule has 27 heavy (non-hydrogen) atoms. The fourth-order valence-electron chi connectivity index (χ4n) is 3.25. The summed E-state index contributed by atoms with van der Waals surface area (Å²) in [6.07, 6.45) is 2.89. The first kappa shape index (κ1) is 18.9. The highest BCUT2D eigenvalue weighted by Crippen LogP contribution is 2.34. The molecule has 0 bridgehead atoms. The molecule has 0 spiro atoms. The highest BCUT2D eigenvalue weighted by atomic mass is 16.3. The normalized spacial score (nSPS) is 12.3. The zero-order valence-corrected chi connectivity index (χ0v) is 16.1. The molecule has 0 aliphatic heterocycles. The summed E-state index contributed by atoms with van der Waals surface area (Å²) in [7, 11) is 0. The van der Waals surface area contributed by atoms with Crippen molar-refractivity contribution in [3.05, 3.63) is 71.4 Å². The van der Waals surface area contributed by atoms with Gasteiger partial charge in [-0.05, 0) is 29.5 Å². The first-order valence-corrected chi connectivity index (χ1v) is 9.47. The van der Waals surface area contributed by atoms with Gasteiger partial charge in [-0.3, -0.25) is 9.78 Å². The van der Waals surface area contributed by atoms with E-state index in [1.54, 1.807) is 6.20 Å². The first-order chi connectivity index (χ1) is 13.0. The van der Waals surface area contributed by atoms with Crippen molar-refractivity contribution in [3.63, 3.8) is 0 Å². The summed E-state index contributed by atoms with van der Waals surface area (Å²) in [5, 5.41) is 14.8. The fourth-order valence-corrected chi connectivity index (χ4v) is 3.25. The van der Waals surface area contributed by atoms with Crippen LogP contribution in [0.1, 0.15) is 62.3 Å². The number of phenols is 1. The maximum absolute atomic E-state index is 12.3. The third kappa shape index (κ3) is 4.11. The molecule has 1 heterocycles. The van der Waals surface area contributed by atoms with E-state index in [9.17, 15) is 9.90 Å². The standard InChI is InChI=1S/C23H26N2O2/c1-4-6-20(26)25-21(18-10-8-16(9-11-18)15(2)3)19-13-12-17-7-5-14-24-22(17)23(19)27/h5,7-15,21,27H,4,6H2,1-3H3,(H,25,26)/t21-/m0/s1. The molecule has 1 amide bonds. The molecule has 0 saturated heterocycles. The van der Waals surface area contributed by atoms with E-state index in [-0.39, 0.29) is 11.7 Å². The Morgan fingerprint density at radius 2 is 1.78 bits per heavy atom. The fraction of sp³-hybridized carbons (Fsp3) is 0.304. The molecule has 1 aromatic heterocycles. The Bertz CT molecular complexity index is 933. The minimum Gasteiger partial charge on any atom is -0.505 e. The molecule has 4 heteroatoms. The largest absolute Gasteiger partial charge is 0.505 e. The van der Waals surface area contributed by atoms with Crippen molar-refractivity contribution in [2.75, 3.05) is 0 Å². The van der Waals surface area contributed by atoms with Gasteiger partial charge >= 0.3 is 0 Å². The van der Waals surface area contributed by atoms with Crippen LogP contribution in [0, 0.1) is 0 Å². The maximum atomic E-state index is 12.3. The zero-order valence-electron chi connectivity index (χ0n) is 16.1. The molecule has 0 unspecified atom stereocenters. The van der Waals surface area contributed by atoms with Gasteiger partial charge < -0.3 is 10.4 Å². The number of amides is 1. The molecule has 3 aromatic rings. The Morgan fingerprint density at radius 1 is 1.07 bits per heavy atom. The molecule has 1 atom stereocenters. The lowest BCUT2D eigenvalue weighted by Crippen LogP contribution is -2.29. The summed E-state index contributed by atoms with van der Waals surface area (Å²) in [5.74, 6) is 0.518. The lowest BCUT2D eigenvalue weighted by Gasteiger charge is -2.22. The number of aromatic nitrogens is 1. The van der Waals surface area contributed by atoms with Crippen LogP contribution in [0.5, 0.6) is 5.75 Å². The van der Waals surface area contributed by atoms with Crippen LogP contribution in [0.4, 0.5) is 0 Å². The zero-order chi connectivity index (χ0) is 19.4. The smallest absolute Gasteiger partial charge is 0.220 e. The highest BCUT2D eigenvalue weighted by Gasteiger charge is 2.21. The van der Waals surface area contributed by atoms with Gasteiger partial charge in [0.2, 0.25) is 5.91 Å². The van der Waals surface area contributed by atoms with E-state index in [2.05, 4.69) is 36.3 Å². The number of carbonyl (C=O) groups is 1. The van der Waals surface area contributed by atoms with Gasteiger partial charge in [0.05, 0.1) is 6.04 Å². The number of nitrogens with zero attached hydrogens (tertiary/aromatic N) is 1. The van der Waals surface area contributed by atoms with Crippen LogP contribution in [-0.2, 0) is 4.79 Å². The van der Waals surface area contributed by atoms with Gasteiger partial charge in [-0.2, -0.15) is 0 Å². The second-order valence-corrected chi connectivity index (χ2v) is 7.15. The van der Waals surface area contributed by atoms with E-state index >= 15 is 0 Å². The van der Waals surface area contributed by atoms with Crippen LogP contribution < -0.4 is 5.32 Å². The van der Waals surface area contributed by atoms with Gasteiger partial charge in [0.15, 0.2) is 0 Å². The molecule has 0 aliphatic carbocycles. The monoisotopic (exact) mass is 362 g/mol. The van der Waals surface area contributed by atoms with Crippen molar-refractivity contribution in [3.8, 4) is 5.75 Å². The molecule has 0 aliphatic rings. The predicted octanol–water partition coefficient (Wildman–Crippen LogP) is 5.07. The van der Waals surface area contributed by atoms with Gasteiger partial charge in [0, 0.05) is 23.6 Å². The second kappa shape index (κ2) is 8.21. The average Bonchev–Trinajstić information content (AvgIpc) is 2.67. The number of hydrogen-bond acceptors (Lipinski definition) is 3. The van der Waals surface area contributed by atoms with E-state index < -0.39 is 6.04 Å². The Morgan fingerprint density at radius 3 is 2.44 bits per heavy atom. The van der Waals surface area contributed by atoms with Crippen molar-refractivity contribution in [1.82, 2.24) is 10.3 Å². The average molecular weight is 362 g/mol. The third-order valence-electron chi connectivity index (χ3n) is 4.81. The number of phenolic OH excluding ortho intramolecular Hbond substituents is 1. The van der Waals surface area contributed by atoms with E-state index in [0.29, 0.717) is 23.4 Å². The topological polar surface area (TPSA) is 62.2 Å². The summed E-state index contributed by atoms with van der Waals surface area (Å²) >= 11 is 0. The number of hydrogen-bond donors (Lipinski definition) is 2. The van der Waals surface area contributed by atoms with Crippen LogP contribution in [-0.4, -0.2) is 16.0 Å². The number of nitrogens with one attached hydrogen (secondary N) is 1. The number of rotatable bonds is 6. The number of pyridine rings is 1. The molecule has 0 radical (unpaired) electrons. The van der Waals surface area contributed by atoms with Crippen molar-refractivity contribution in [1.29, 1.82) is 0 Å². The highest BCUT2D eigenvalue weighted by molar-refractivity contribution is 5.86. The molecule has 0 fully saturated rings. The van der Waals surface area contributed by atoms with Crippen molar-refractivity contribution in [2.45, 2.75) is 45.6 Å². The maximum Gasteiger partial charge on any atom is 0.220 e. The lowest BCUT2D eigenvalue weighted by atomic mass is 9.93. The minimum atomic E-state index is -0.420. The third-order valence-corrected chi connectivity index (χ3v) is 4.81. The van der Waals surface area contributed by atoms with Gasteiger partial charge in [-0.1, -0.05) is 63.2 Å². The van der Waals surface area contributed by atoms with E-state index in [1.807, 2.05) is 43.3 Å². The Hall–Kier alpha value is -2.88. The van der Waals surface area contributed by atoms with E-state index in [0.717, 1.165) is 17.4 Å². The number of fused-ring (bicyclic) bond motifs is 1. The SMILES string of the molecule is CCCC(=O)N[C@@H](c1ccc(C(C)C)cc1)c1ccc2cccnc2c1O. The molecule has 3 rings (SSSR count). The second-order valence-electron chi connectivity index (χ2n) is 7.15. The summed E-state index contributed by atoms with van der Waals surface area (Å²) in [6.45, 7) is 6.27. The van der Waals surface area contributed by atoms with Crippen LogP contribution in [0.25, 0.3) is 10.9 Å². The Balaban J connectivity index is 2.06. The first-order valence-electron chi connectivity index (χ1n) is 9.47. The number of carbonyl (C=O) groups excluding carboxylic acids is 1. The summed E-state index contributed by atoms with van der Waals surface area (Å²) in [4.78, 5) is 16.6. The molecule has 2 aromatic carbocycles.